The number of carbonyl (C=O) groups is 1. The van der Waals surface area contributed by atoms with Gasteiger partial charge in [-0.1, -0.05) is 30.4 Å². The van der Waals surface area contributed by atoms with Gasteiger partial charge in [0.2, 0.25) is 0 Å². The Balaban J connectivity index is 2.88. The van der Waals surface area contributed by atoms with E-state index in [-0.39, 0.29) is 5.97 Å². The van der Waals surface area contributed by atoms with E-state index >= 15 is 0 Å². The summed E-state index contributed by atoms with van der Waals surface area (Å²) in [6.45, 7) is 7.79. The molecule has 0 atom stereocenters. The van der Waals surface area contributed by atoms with E-state index in [0.29, 0.717) is 5.75 Å². The molecule has 0 aromatic heterocycles. The summed E-state index contributed by atoms with van der Waals surface area (Å²) in [6.07, 6.45) is 6.73. The van der Waals surface area contributed by atoms with Crippen molar-refractivity contribution in [3.8, 4) is 5.75 Å². The van der Waals surface area contributed by atoms with Crippen molar-refractivity contribution in [1.82, 2.24) is 0 Å². The zero-order valence-electron chi connectivity index (χ0n) is 10.8. The number of aryl methyl sites for hydroxylation is 2. The number of rotatable bonds is 3. The molecule has 0 aliphatic rings. The lowest BCUT2D eigenvalue weighted by atomic mass is 10.1. The monoisotopic (exact) mass is 230 g/mol. The second-order valence-corrected chi connectivity index (χ2v) is 3.96. The van der Waals surface area contributed by atoms with Gasteiger partial charge in [-0.05, 0) is 44.4 Å². The molecule has 0 bridgehead atoms. The summed E-state index contributed by atoms with van der Waals surface area (Å²) in [7, 11) is 0. The van der Waals surface area contributed by atoms with Crippen molar-refractivity contribution in [2.24, 2.45) is 0 Å². The van der Waals surface area contributed by atoms with E-state index in [2.05, 4.69) is 0 Å². The molecular formula is C15H18O2. The summed E-state index contributed by atoms with van der Waals surface area (Å²) in [4.78, 5) is 11.6. The standard InChI is InChI=1S/C15H18O2/c1-5-6-7-8-14(16)17-15-12(3)10-9-11(2)13(15)4/h5-10H,1-4H3/b6-5+,8-7+. The van der Waals surface area contributed by atoms with Crippen molar-refractivity contribution in [3.05, 3.63) is 53.1 Å². The molecule has 90 valence electrons. The maximum absolute atomic E-state index is 11.6. The molecule has 0 unspecified atom stereocenters. The van der Waals surface area contributed by atoms with E-state index in [1.807, 2.05) is 45.9 Å². The number of hydrogen-bond donors (Lipinski definition) is 0. The lowest BCUT2D eigenvalue weighted by Crippen LogP contribution is -2.06. The van der Waals surface area contributed by atoms with Crippen LogP contribution in [0.4, 0.5) is 0 Å². The van der Waals surface area contributed by atoms with Crippen molar-refractivity contribution in [2.75, 3.05) is 0 Å². The molecule has 0 aliphatic heterocycles. The predicted octanol–water partition coefficient (Wildman–Crippen LogP) is 3.65. The molecule has 0 amide bonds. The predicted molar refractivity (Wildman–Crippen MR) is 70.2 cm³/mol. The molecule has 0 spiro atoms. The first-order valence-electron chi connectivity index (χ1n) is 5.64. The summed E-state index contributed by atoms with van der Waals surface area (Å²) in [5.41, 5.74) is 3.11. The lowest BCUT2D eigenvalue weighted by Gasteiger charge is -2.10. The van der Waals surface area contributed by atoms with Crippen molar-refractivity contribution in [1.29, 1.82) is 0 Å². The second kappa shape index (κ2) is 6.04. The Hall–Kier alpha value is -1.83. The van der Waals surface area contributed by atoms with E-state index in [9.17, 15) is 4.79 Å². The lowest BCUT2D eigenvalue weighted by molar-refractivity contribution is -0.129. The smallest absolute Gasteiger partial charge is 0.336 e. The van der Waals surface area contributed by atoms with Gasteiger partial charge in [0, 0.05) is 6.08 Å². The summed E-state index contributed by atoms with van der Waals surface area (Å²) in [5, 5.41) is 0. The number of benzene rings is 1. The molecule has 2 heteroatoms. The van der Waals surface area contributed by atoms with Crippen LogP contribution in [0, 0.1) is 20.8 Å². The molecule has 17 heavy (non-hydrogen) atoms. The molecule has 0 heterocycles. The van der Waals surface area contributed by atoms with E-state index in [4.69, 9.17) is 4.74 Å². The SMILES string of the molecule is C/C=C/C=C/C(=O)Oc1c(C)ccc(C)c1C. The molecule has 0 saturated carbocycles. The zero-order chi connectivity index (χ0) is 12.8. The average molecular weight is 230 g/mol. The fourth-order valence-corrected chi connectivity index (χ4v) is 1.46. The van der Waals surface area contributed by atoms with Crippen LogP contribution in [0.15, 0.2) is 36.4 Å². The number of carbonyl (C=O) groups excluding carboxylic acids is 1. The number of allylic oxidation sites excluding steroid dienone is 3. The van der Waals surface area contributed by atoms with Gasteiger partial charge in [0.25, 0.3) is 0 Å². The van der Waals surface area contributed by atoms with Crippen molar-refractivity contribution < 1.29 is 9.53 Å². The Labute approximate surface area is 103 Å². The van der Waals surface area contributed by atoms with Gasteiger partial charge < -0.3 is 4.74 Å². The minimum absolute atomic E-state index is 0.347. The Bertz CT molecular complexity index is 468. The maximum atomic E-state index is 11.6. The molecular weight excluding hydrogens is 212 g/mol. The second-order valence-electron chi connectivity index (χ2n) is 3.96. The van der Waals surface area contributed by atoms with Gasteiger partial charge in [-0.2, -0.15) is 0 Å². The van der Waals surface area contributed by atoms with E-state index in [1.54, 1.807) is 12.2 Å². The van der Waals surface area contributed by atoms with E-state index in [0.717, 1.165) is 16.7 Å². The number of ether oxygens (including phenoxy) is 1. The fraction of sp³-hybridized carbons (Fsp3) is 0.267. The van der Waals surface area contributed by atoms with Gasteiger partial charge in [0.05, 0.1) is 0 Å². The van der Waals surface area contributed by atoms with Gasteiger partial charge in [-0.25, -0.2) is 4.79 Å². The van der Waals surface area contributed by atoms with Crippen LogP contribution in [0.25, 0.3) is 0 Å². The van der Waals surface area contributed by atoms with Crippen LogP contribution in [-0.2, 0) is 4.79 Å². The summed E-state index contributed by atoms with van der Waals surface area (Å²) >= 11 is 0. The highest BCUT2D eigenvalue weighted by Gasteiger charge is 2.09. The average Bonchev–Trinajstić information content (AvgIpc) is 2.30. The van der Waals surface area contributed by atoms with Crippen molar-refractivity contribution in [2.45, 2.75) is 27.7 Å². The molecule has 0 N–H and O–H groups in total. The molecule has 1 aromatic carbocycles. The highest BCUT2D eigenvalue weighted by Crippen LogP contribution is 2.25. The Morgan fingerprint density at radius 1 is 1.12 bits per heavy atom. The third kappa shape index (κ3) is 3.59. The third-order valence-electron chi connectivity index (χ3n) is 2.61. The Kier molecular flexibility index (Phi) is 4.70. The van der Waals surface area contributed by atoms with Crippen molar-refractivity contribution >= 4 is 5.97 Å². The van der Waals surface area contributed by atoms with Gasteiger partial charge in [-0.15, -0.1) is 0 Å². The first-order chi connectivity index (χ1) is 8.06. The molecule has 0 aliphatic carbocycles. The molecule has 0 radical (unpaired) electrons. The summed E-state index contributed by atoms with van der Waals surface area (Å²) in [5.74, 6) is 0.319. The minimum atomic E-state index is -0.347. The van der Waals surface area contributed by atoms with Gasteiger partial charge in [0.15, 0.2) is 0 Å². The third-order valence-corrected chi connectivity index (χ3v) is 2.61. The van der Waals surface area contributed by atoms with Gasteiger partial charge >= 0.3 is 5.97 Å². The van der Waals surface area contributed by atoms with Crippen LogP contribution in [0.2, 0.25) is 0 Å². The normalized spacial score (nSPS) is 11.3. The van der Waals surface area contributed by atoms with Crippen LogP contribution >= 0.6 is 0 Å². The quantitative estimate of drug-likeness (QED) is 0.343. The minimum Gasteiger partial charge on any atom is -0.423 e. The van der Waals surface area contributed by atoms with Crippen LogP contribution in [0.3, 0.4) is 0 Å². The highest BCUT2D eigenvalue weighted by atomic mass is 16.5. The number of esters is 1. The molecule has 2 nitrogen and oxygen atoms in total. The van der Waals surface area contributed by atoms with Crippen LogP contribution in [0.1, 0.15) is 23.6 Å². The first-order valence-corrected chi connectivity index (χ1v) is 5.64. The Morgan fingerprint density at radius 2 is 1.76 bits per heavy atom. The topological polar surface area (TPSA) is 26.3 Å². The molecule has 0 fully saturated rings. The van der Waals surface area contributed by atoms with Gasteiger partial charge in [-0.3, -0.25) is 0 Å². The van der Waals surface area contributed by atoms with Gasteiger partial charge in [0.1, 0.15) is 5.75 Å². The summed E-state index contributed by atoms with van der Waals surface area (Å²) < 4.78 is 5.34. The first kappa shape index (κ1) is 13.2. The van der Waals surface area contributed by atoms with Crippen LogP contribution in [0.5, 0.6) is 5.75 Å². The number of hydrogen-bond acceptors (Lipinski definition) is 2. The highest BCUT2D eigenvalue weighted by molar-refractivity contribution is 5.84. The largest absolute Gasteiger partial charge is 0.423 e. The van der Waals surface area contributed by atoms with Crippen LogP contribution < -0.4 is 4.74 Å². The molecule has 0 saturated heterocycles. The van der Waals surface area contributed by atoms with E-state index < -0.39 is 0 Å². The summed E-state index contributed by atoms with van der Waals surface area (Å²) in [6, 6.07) is 3.98. The molecule has 1 rings (SSSR count). The van der Waals surface area contributed by atoms with Crippen molar-refractivity contribution in [3.63, 3.8) is 0 Å². The Morgan fingerprint density at radius 3 is 2.41 bits per heavy atom. The van der Waals surface area contributed by atoms with Crippen LogP contribution in [-0.4, -0.2) is 5.97 Å². The fourth-order valence-electron chi connectivity index (χ4n) is 1.46. The zero-order valence-corrected chi connectivity index (χ0v) is 10.8. The molecule has 1 aromatic rings. The maximum Gasteiger partial charge on any atom is 0.336 e. The van der Waals surface area contributed by atoms with E-state index in [1.165, 1.54) is 6.08 Å².